The van der Waals surface area contributed by atoms with Crippen molar-refractivity contribution < 1.29 is 19.1 Å². The Labute approximate surface area is 115 Å². The van der Waals surface area contributed by atoms with Crippen LogP contribution in [-0.4, -0.2) is 17.9 Å². The zero-order chi connectivity index (χ0) is 14.3. The van der Waals surface area contributed by atoms with E-state index in [1.807, 2.05) is 6.07 Å². The molecule has 104 valence electrons. The molecule has 1 heterocycles. The predicted molar refractivity (Wildman–Crippen MR) is 70.0 cm³/mol. The number of carbonyl (C=O) groups is 3. The smallest absolute Gasteiger partial charge is 0.415 e. The van der Waals surface area contributed by atoms with Gasteiger partial charge < -0.3 is 10.1 Å². The summed E-state index contributed by atoms with van der Waals surface area (Å²) in [6, 6.07) is 5.29. The van der Waals surface area contributed by atoms with Crippen LogP contribution in [0.15, 0.2) is 18.2 Å². The van der Waals surface area contributed by atoms with E-state index >= 15 is 0 Å². The van der Waals surface area contributed by atoms with E-state index in [4.69, 9.17) is 4.74 Å². The molecule has 0 bridgehead atoms. The standard InChI is InChI=1S/C14H14N2O4/c1-8(17)15-10-4-5-11-9(7-10)3-2-6-14(11)12(18)16-13(19)20-14/h4-5,7H,2-3,6H2,1H3,(H,15,17)(H,16,18,19). The van der Waals surface area contributed by atoms with Crippen LogP contribution < -0.4 is 10.6 Å². The number of rotatable bonds is 1. The molecule has 2 N–H and O–H groups in total. The van der Waals surface area contributed by atoms with Gasteiger partial charge in [0.2, 0.25) is 11.5 Å². The molecule has 1 aromatic carbocycles. The average molecular weight is 274 g/mol. The Kier molecular flexibility index (Phi) is 2.74. The van der Waals surface area contributed by atoms with Gasteiger partial charge in [0.15, 0.2) is 0 Å². The molecular formula is C14H14N2O4. The largest absolute Gasteiger partial charge is 0.427 e. The number of imide groups is 1. The minimum Gasteiger partial charge on any atom is -0.427 e. The molecular weight excluding hydrogens is 260 g/mol. The summed E-state index contributed by atoms with van der Waals surface area (Å²) in [5.41, 5.74) is 1.12. The third-order valence-corrected chi connectivity index (χ3v) is 3.68. The third kappa shape index (κ3) is 1.84. The predicted octanol–water partition coefficient (Wildman–Crippen LogP) is 1.44. The second-order valence-corrected chi connectivity index (χ2v) is 5.08. The molecule has 1 atom stereocenters. The minimum atomic E-state index is -1.20. The van der Waals surface area contributed by atoms with Crippen LogP contribution in [0.1, 0.15) is 30.9 Å². The zero-order valence-corrected chi connectivity index (χ0v) is 11.0. The van der Waals surface area contributed by atoms with E-state index in [2.05, 4.69) is 10.6 Å². The molecule has 3 amide bonds. The van der Waals surface area contributed by atoms with Crippen LogP contribution >= 0.6 is 0 Å². The quantitative estimate of drug-likeness (QED) is 0.811. The van der Waals surface area contributed by atoms with Crippen molar-refractivity contribution >= 4 is 23.6 Å². The Balaban J connectivity index is 2.04. The molecule has 0 saturated carbocycles. The van der Waals surface area contributed by atoms with Gasteiger partial charge in [-0.3, -0.25) is 14.9 Å². The molecule has 1 aliphatic heterocycles. The van der Waals surface area contributed by atoms with Crippen LogP contribution in [0.3, 0.4) is 0 Å². The lowest BCUT2D eigenvalue weighted by Gasteiger charge is -2.31. The molecule has 0 aromatic heterocycles. The minimum absolute atomic E-state index is 0.152. The highest BCUT2D eigenvalue weighted by atomic mass is 16.6. The zero-order valence-electron chi connectivity index (χ0n) is 11.0. The highest BCUT2D eigenvalue weighted by Gasteiger charge is 2.52. The lowest BCUT2D eigenvalue weighted by atomic mass is 9.78. The lowest BCUT2D eigenvalue weighted by molar-refractivity contribution is -0.133. The van der Waals surface area contributed by atoms with Crippen LogP contribution in [0.5, 0.6) is 0 Å². The molecule has 1 aromatic rings. The van der Waals surface area contributed by atoms with Gasteiger partial charge in [0.05, 0.1) is 0 Å². The maximum absolute atomic E-state index is 12.1. The number of aryl methyl sites for hydroxylation is 1. The maximum atomic E-state index is 12.1. The number of hydrogen-bond acceptors (Lipinski definition) is 4. The van der Waals surface area contributed by atoms with Gasteiger partial charge in [-0.1, -0.05) is 6.07 Å². The van der Waals surface area contributed by atoms with E-state index < -0.39 is 17.6 Å². The van der Waals surface area contributed by atoms with E-state index in [-0.39, 0.29) is 5.91 Å². The fourth-order valence-corrected chi connectivity index (χ4v) is 2.90. The van der Waals surface area contributed by atoms with E-state index in [9.17, 15) is 14.4 Å². The van der Waals surface area contributed by atoms with Gasteiger partial charge in [0, 0.05) is 24.6 Å². The van der Waals surface area contributed by atoms with Crippen molar-refractivity contribution in [3.05, 3.63) is 29.3 Å². The first-order valence-electron chi connectivity index (χ1n) is 6.47. The maximum Gasteiger partial charge on any atom is 0.415 e. The molecule has 1 fully saturated rings. The number of anilines is 1. The fourth-order valence-electron chi connectivity index (χ4n) is 2.90. The molecule has 0 radical (unpaired) electrons. The molecule has 3 rings (SSSR count). The summed E-state index contributed by atoms with van der Waals surface area (Å²) in [5.74, 6) is -0.559. The molecule has 1 aliphatic carbocycles. The van der Waals surface area contributed by atoms with E-state index in [0.29, 0.717) is 17.7 Å². The summed E-state index contributed by atoms with van der Waals surface area (Å²) in [6.07, 6.45) is 1.32. The van der Waals surface area contributed by atoms with Crippen molar-refractivity contribution in [3.63, 3.8) is 0 Å². The number of nitrogens with one attached hydrogen (secondary N) is 2. The van der Waals surface area contributed by atoms with Crippen molar-refractivity contribution in [1.82, 2.24) is 5.32 Å². The van der Waals surface area contributed by atoms with E-state index in [1.165, 1.54) is 6.92 Å². The highest BCUT2D eigenvalue weighted by molar-refractivity contribution is 6.03. The van der Waals surface area contributed by atoms with Crippen LogP contribution in [0.4, 0.5) is 10.5 Å². The van der Waals surface area contributed by atoms with Gasteiger partial charge in [-0.2, -0.15) is 0 Å². The fraction of sp³-hybridized carbons (Fsp3) is 0.357. The first kappa shape index (κ1) is 12.7. The number of hydrogen-bond donors (Lipinski definition) is 2. The molecule has 6 nitrogen and oxygen atoms in total. The molecule has 2 aliphatic rings. The van der Waals surface area contributed by atoms with Crippen molar-refractivity contribution in [3.8, 4) is 0 Å². The summed E-state index contributed by atoms with van der Waals surface area (Å²) < 4.78 is 5.26. The van der Waals surface area contributed by atoms with Crippen molar-refractivity contribution in [2.45, 2.75) is 31.8 Å². The molecule has 1 saturated heterocycles. The van der Waals surface area contributed by atoms with Crippen molar-refractivity contribution in [2.24, 2.45) is 0 Å². The monoisotopic (exact) mass is 274 g/mol. The van der Waals surface area contributed by atoms with Crippen molar-refractivity contribution in [2.75, 3.05) is 5.32 Å². The number of carbonyl (C=O) groups excluding carboxylic acids is 3. The van der Waals surface area contributed by atoms with Gasteiger partial charge in [-0.25, -0.2) is 4.79 Å². The van der Waals surface area contributed by atoms with E-state index in [1.54, 1.807) is 12.1 Å². The number of ether oxygens (including phenoxy) is 1. The number of alkyl carbamates (subject to hydrolysis) is 1. The summed E-state index contributed by atoms with van der Waals surface area (Å²) in [5, 5.41) is 4.90. The second-order valence-electron chi connectivity index (χ2n) is 5.08. The van der Waals surface area contributed by atoms with Crippen molar-refractivity contribution in [1.29, 1.82) is 0 Å². The van der Waals surface area contributed by atoms with Gasteiger partial charge in [-0.15, -0.1) is 0 Å². The first-order chi connectivity index (χ1) is 9.51. The number of fused-ring (bicyclic) bond motifs is 2. The summed E-state index contributed by atoms with van der Waals surface area (Å²) in [4.78, 5) is 34.5. The number of benzene rings is 1. The van der Waals surface area contributed by atoms with Gasteiger partial charge in [0.25, 0.3) is 5.91 Å². The number of amides is 3. The normalized spacial score (nSPS) is 24.1. The van der Waals surface area contributed by atoms with E-state index in [0.717, 1.165) is 18.4 Å². The van der Waals surface area contributed by atoms with Crippen LogP contribution in [-0.2, 0) is 26.3 Å². The SMILES string of the molecule is CC(=O)Nc1ccc2c(c1)CCCC21OC(=O)NC1=O. The first-order valence-corrected chi connectivity index (χ1v) is 6.47. The Morgan fingerprint density at radius 3 is 2.85 bits per heavy atom. The lowest BCUT2D eigenvalue weighted by Crippen LogP contribution is -2.39. The van der Waals surface area contributed by atoms with Gasteiger partial charge >= 0.3 is 6.09 Å². The second kappa shape index (κ2) is 4.33. The third-order valence-electron chi connectivity index (χ3n) is 3.68. The molecule has 1 unspecified atom stereocenters. The summed E-state index contributed by atoms with van der Waals surface area (Å²) in [6.45, 7) is 1.44. The topological polar surface area (TPSA) is 84.5 Å². The summed E-state index contributed by atoms with van der Waals surface area (Å²) in [7, 11) is 0. The Hall–Kier alpha value is -2.37. The molecule has 20 heavy (non-hydrogen) atoms. The van der Waals surface area contributed by atoms with Crippen LogP contribution in [0.25, 0.3) is 0 Å². The Bertz CT molecular complexity index is 626. The Morgan fingerprint density at radius 2 is 2.20 bits per heavy atom. The highest BCUT2D eigenvalue weighted by Crippen LogP contribution is 2.41. The molecule has 6 heteroatoms. The average Bonchev–Trinajstić information content (AvgIpc) is 2.64. The summed E-state index contributed by atoms with van der Waals surface area (Å²) >= 11 is 0. The van der Waals surface area contributed by atoms with Gasteiger partial charge in [-0.05, 0) is 30.5 Å². The Morgan fingerprint density at radius 1 is 1.40 bits per heavy atom. The van der Waals surface area contributed by atoms with Crippen LogP contribution in [0.2, 0.25) is 0 Å². The molecule has 1 spiro atoms. The van der Waals surface area contributed by atoms with Gasteiger partial charge in [0.1, 0.15) is 0 Å². The van der Waals surface area contributed by atoms with Crippen LogP contribution in [0, 0.1) is 0 Å².